The number of hydrogen-bond acceptors (Lipinski definition) is 2. The van der Waals surface area contributed by atoms with E-state index in [9.17, 15) is 0 Å². The molecule has 0 radical (unpaired) electrons. The lowest BCUT2D eigenvalue weighted by molar-refractivity contribution is 0.524. The van der Waals surface area contributed by atoms with Crippen molar-refractivity contribution in [2.75, 3.05) is 6.54 Å². The Morgan fingerprint density at radius 1 is 1.08 bits per heavy atom. The Morgan fingerprint density at radius 2 is 1.46 bits per heavy atom. The van der Waals surface area contributed by atoms with Gasteiger partial charge >= 0.3 is 8.69 Å². The highest BCUT2D eigenvalue weighted by molar-refractivity contribution is 7.16. The zero-order chi connectivity index (χ0) is 10.4. The minimum absolute atomic E-state index is 0.869. The summed E-state index contributed by atoms with van der Waals surface area (Å²) >= 11 is 0. The summed E-state index contributed by atoms with van der Waals surface area (Å²) in [5, 5.41) is 0. The van der Waals surface area contributed by atoms with Crippen LogP contribution in [-0.2, 0) is 4.57 Å². The fourth-order valence-corrected chi connectivity index (χ4v) is 1.10. The molecule has 1 unspecified atom stereocenters. The maximum atomic E-state index is 8.51. The summed E-state index contributed by atoms with van der Waals surface area (Å²) in [6.45, 7) is 3.12. The SMILES string of the molecule is CCCCCCCCCN.O=[PH+]O. The molecule has 0 heterocycles. The minimum atomic E-state index is -1.17. The second-order valence-electron chi connectivity index (χ2n) is 3.00. The third-order valence-corrected chi connectivity index (χ3v) is 1.81. The molecule has 0 saturated heterocycles. The molecule has 1 atom stereocenters. The van der Waals surface area contributed by atoms with Crippen LogP contribution in [0.25, 0.3) is 0 Å². The van der Waals surface area contributed by atoms with Crippen LogP contribution >= 0.6 is 8.69 Å². The topological polar surface area (TPSA) is 63.3 Å². The summed E-state index contributed by atoms with van der Waals surface area (Å²) in [5.74, 6) is 0. The highest BCUT2D eigenvalue weighted by Gasteiger charge is 1.87. The maximum Gasteiger partial charge on any atom is 0.491 e. The van der Waals surface area contributed by atoms with Crippen LogP contribution in [-0.4, -0.2) is 11.4 Å². The van der Waals surface area contributed by atoms with E-state index >= 15 is 0 Å². The van der Waals surface area contributed by atoms with Crippen LogP contribution in [0.2, 0.25) is 0 Å². The Morgan fingerprint density at radius 3 is 1.85 bits per heavy atom. The largest absolute Gasteiger partial charge is 0.491 e. The van der Waals surface area contributed by atoms with Crippen molar-refractivity contribution in [3.63, 3.8) is 0 Å². The summed E-state index contributed by atoms with van der Waals surface area (Å²) in [7, 11) is -1.17. The van der Waals surface area contributed by atoms with Crippen LogP contribution in [0.15, 0.2) is 0 Å². The minimum Gasteiger partial charge on any atom is -0.330 e. The van der Waals surface area contributed by atoms with E-state index in [1.54, 1.807) is 0 Å². The van der Waals surface area contributed by atoms with Crippen LogP contribution in [0.3, 0.4) is 0 Å². The van der Waals surface area contributed by atoms with Gasteiger partial charge in [0.1, 0.15) is 0 Å². The van der Waals surface area contributed by atoms with Gasteiger partial charge in [0.25, 0.3) is 0 Å². The van der Waals surface area contributed by atoms with Crippen molar-refractivity contribution in [1.29, 1.82) is 0 Å². The average Bonchev–Trinajstić information content (AvgIpc) is 2.13. The van der Waals surface area contributed by atoms with E-state index in [2.05, 4.69) is 6.92 Å². The van der Waals surface area contributed by atoms with E-state index in [1.165, 1.54) is 44.9 Å². The summed E-state index contributed by atoms with van der Waals surface area (Å²) < 4.78 is 8.51. The standard InChI is InChI=1S/C9H21N.HO2P/c1-2-3-4-5-6-7-8-9-10;1-3-2/h2-10H2,1H3;3H/p+1. The van der Waals surface area contributed by atoms with Crippen LogP contribution in [0.4, 0.5) is 0 Å². The summed E-state index contributed by atoms with van der Waals surface area (Å²) in [4.78, 5) is 7.04. The fraction of sp³-hybridized carbons (Fsp3) is 1.00. The van der Waals surface area contributed by atoms with Crippen molar-refractivity contribution >= 4 is 8.69 Å². The van der Waals surface area contributed by atoms with E-state index in [0.717, 1.165) is 6.54 Å². The van der Waals surface area contributed by atoms with Crippen LogP contribution < -0.4 is 5.73 Å². The fourth-order valence-electron chi connectivity index (χ4n) is 1.10. The highest BCUT2D eigenvalue weighted by atomic mass is 31.1. The molecule has 0 aliphatic heterocycles. The molecule has 0 rings (SSSR count). The van der Waals surface area contributed by atoms with Gasteiger partial charge in [-0.2, -0.15) is 4.89 Å². The van der Waals surface area contributed by atoms with Crippen molar-refractivity contribution in [2.45, 2.75) is 51.9 Å². The van der Waals surface area contributed by atoms with Crippen molar-refractivity contribution in [2.24, 2.45) is 5.73 Å². The number of rotatable bonds is 7. The number of unbranched alkanes of at least 4 members (excludes halogenated alkanes) is 6. The Kier molecular flexibility index (Phi) is 21.4. The first-order valence-corrected chi connectivity index (χ1v) is 5.90. The van der Waals surface area contributed by atoms with Gasteiger partial charge in [-0.05, 0) is 17.5 Å². The molecule has 13 heavy (non-hydrogen) atoms. The molecule has 0 amide bonds. The van der Waals surface area contributed by atoms with Gasteiger partial charge in [0.15, 0.2) is 0 Å². The highest BCUT2D eigenvalue weighted by Crippen LogP contribution is 2.05. The quantitative estimate of drug-likeness (QED) is 0.499. The molecule has 0 saturated carbocycles. The monoisotopic (exact) mass is 208 g/mol. The van der Waals surface area contributed by atoms with Crippen LogP contribution in [0.5, 0.6) is 0 Å². The zero-order valence-electron chi connectivity index (χ0n) is 8.59. The lowest BCUT2D eigenvalue weighted by atomic mass is 10.1. The number of nitrogens with two attached hydrogens (primary N) is 1. The normalized spacial score (nSPS) is 9.46. The zero-order valence-corrected chi connectivity index (χ0v) is 9.59. The van der Waals surface area contributed by atoms with Crippen molar-refractivity contribution in [3.8, 4) is 0 Å². The second-order valence-corrected chi connectivity index (χ2v) is 3.18. The van der Waals surface area contributed by atoms with Gasteiger partial charge in [-0.3, -0.25) is 0 Å². The Labute approximate surface area is 83.0 Å². The lowest BCUT2D eigenvalue weighted by Crippen LogP contribution is -1.97. The van der Waals surface area contributed by atoms with Gasteiger partial charge in [0, 0.05) is 0 Å². The van der Waals surface area contributed by atoms with Gasteiger partial charge in [-0.15, -0.1) is 0 Å². The Bertz CT molecular complexity index is 83.7. The summed E-state index contributed by atoms with van der Waals surface area (Å²) in [6, 6.07) is 0. The molecule has 3 nitrogen and oxygen atoms in total. The first kappa shape index (κ1) is 15.5. The molecule has 0 fully saturated rings. The molecular weight excluding hydrogens is 185 g/mol. The Balaban J connectivity index is 0. The lowest BCUT2D eigenvalue weighted by Gasteiger charge is -1.97. The van der Waals surface area contributed by atoms with Crippen molar-refractivity contribution in [1.82, 2.24) is 0 Å². The third-order valence-electron chi connectivity index (χ3n) is 1.81. The van der Waals surface area contributed by atoms with Crippen molar-refractivity contribution < 1.29 is 9.46 Å². The first-order valence-electron chi connectivity index (χ1n) is 5.04. The van der Waals surface area contributed by atoms with E-state index in [0.29, 0.717) is 0 Å². The second kappa shape index (κ2) is 17.9. The first-order chi connectivity index (χ1) is 6.33. The molecule has 0 aromatic heterocycles. The maximum absolute atomic E-state index is 8.51. The third kappa shape index (κ3) is 24.5. The summed E-state index contributed by atoms with van der Waals surface area (Å²) in [5.41, 5.74) is 5.37. The van der Waals surface area contributed by atoms with Gasteiger partial charge in [-0.25, -0.2) is 0 Å². The van der Waals surface area contributed by atoms with Crippen LogP contribution in [0.1, 0.15) is 51.9 Å². The van der Waals surface area contributed by atoms with Gasteiger partial charge in [-0.1, -0.05) is 45.4 Å². The molecule has 0 spiro atoms. The molecule has 0 aliphatic carbocycles. The molecule has 0 aromatic rings. The van der Waals surface area contributed by atoms with E-state index in [-0.39, 0.29) is 0 Å². The van der Waals surface area contributed by atoms with E-state index < -0.39 is 8.69 Å². The Hall–Kier alpha value is 0.0200. The summed E-state index contributed by atoms with van der Waals surface area (Å²) in [6.07, 6.45) is 9.51. The van der Waals surface area contributed by atoms with Gasteiger partial charge in [0.2, 0.25) is 0 Å². The molecular formula is C9H23NO2P+. The molecule has 0 bridgehead atoms. The predicted octanol–water partition coefficient (Wildman–Crippen LogP) is 2.61. The molecule has 0 aliphatic rings. The van der Waals surface area contributed by atoms with Gasteiger partial charge in [0.05, 0.1) is 0 Å². The molecule has 80 valence electrons. The average molecular weight is 208 g/mol. The molecule has 0 aromatic carbocycles. The molecule has 3 N–H and O–H groups in total. The van der Waals surface area contributed by atoms with Gasteiger partial charge < -0.3 is 5.73 Å². The van der Waals surface area contributed by atoms with Crippen molar-refractivity contribution in [3.05, 3.63) is 0 Å². The molecule has 4 heteroatoms. The van der Waals surface area contributed by atoms with E-state index in [4.69, 9.17) is 15.2 Å². The predicted molar refractivity (Wildman–Crippen MR) is 58.3 cm³/mol. The van der Waals surface area contributed by atoms with E-state index in [1.807, 2.05) is 0 Å². The van der Waals surface area contributed by atoms with Crippen LogP contribution in [0, 0.1) is 0 Å². The smallest absolute Gasteiger partial charge is 0.330 e. The number of hydrogen-bond donors (Lipinski definition) is 2.